The van der Waals surface area contributed by atoms with E-state index in [0.717, 1.165) is 12.8 Å². The molecule has 0 aliphatic carbocycles. The van der Waals surface area contributed by atoms with Crippen LogP contribution in [0.5, 0.6) is 0 Å². The molecule has 19 heavy (non-hydrogen) atoms. The molecule has 0 aromatic carbocycles. The first kappa shape index (κ1) is 13.9. The van der Waals surface area contributed by atoms with Crippen LogP contribution in [0, 0.1) is 0 Å². The van der Waals surface area contributed by atoms with Crippen molar-refractivity contribution < 1.29 is 14.7 Å². The van der Waals surface area contributed by atoms with E-state index in [4.69, 9.17) is 0 Å². The van der Waals surface area contributed by atoms with Gasteiger partial charge in [-0.25, -0.2) is 9.59 Å². The molecule has 106 valence electrons. The molecule has 2 heterocycles. The molecule has 0 saturated carbocycles. The van der Waals surface area contributed by atoms with Gasteiger partial charge in [0, 0.05) is 19.6 Å². The molecular formula is C14H22N2O3. The highest BCUT2D eigenvalue weighted by Gasteiger charge is 2.49. The first-order valence-electron chi connectivity index (χ1n) is 6.97. The van der Waals surface area contributed by atoms with Crippen LogP contribution in [0.4, 0.5) is 4.79 Å². The number of carboxylic acid groups (broad SMARTS) is 1. The Hall–Kier alpha value is -1.52. The fourth-order valence-corrected chi connectivity index (χ4v) is 3.14. The topological polar surface area (TPSA) is 60.9 Å². The summed E-state index contributed by atoms with van der Waals surface area (Å²) in [5.74, 6) is -0.870. The zero-order valence-corrected chi connectivity index (χ0v) is 11.7. The first-order valence-corrected chi connectivity index (χ1v) is 6.97. The SMILES string of the molecule is CCC1(C(=O)O)CCCN1C(=O)N1CCC=C(C)C1. The van der Waals surface area contributed by atoms with Crippen LogP contribution in [0.15, 0.2) is 11.6 Å². The van der Waals surface area contributed by atoms with E-state index in [1.807, 2.05) is 13.8 Å². The minimum atomic E-state index is -0.994. The number of carbonyl (C=O) groups excluding carboxylic acids is 1. The molecule has 2 amide bonds. The van der Waals surface area contributed by atoms with E-state index >= 15 is 0 Å². The van der Waals surface area contributed by atoms with Crippen molar-refractivity contribution in [3.63, 3.8) is 0 Å². The molecule has 1 atom stereocenters. The van der Waals surface area contributed by atoms with Crippen LogP contribution in [0.1, 0.15) is 39.5 Å². The molecule has 5 nitrogen and oxygen atoms in total. The number of likely N-dealkylation sites (tertiary alicyclic amines) is 1. The van der Waals surface area contributed by atoms with Crippen LogP contribution < -0.4 is 0 Å². The van der Waals surface area contributed by atoms with Gasteiger partial charge in [-0.1, -0.05) is 18.6 Å². The summed E-state index contributed by atoms with van der Waals surface area (Å²) in [4.78, 5) is 27.5. The highest BCUT2D eigenvalue weighted by Crippen LogP contribution is 2.34. The van der Waals surface area contributed by atoms with Gasteiger partial charge in [-0.15, -0.1) is 0 Å². The van der Waals surface area contributed by atoms with Crippen molar-refractivity contribution in [1.29, 1.82) is 0 Å². The van der Waals surface area contributed by atoms with E-state index in [1.165, 1.54) is 5.57 Å². The van der Waals surface area contributed by atoms with Gasteiger partial charge in [-0.3, -0.25) is 0 Å². The summed E-state index contributed by atoms with van der Waals surface area (Å²) in [6.45, 7) is 5.72. The van der Waals surface area contributed by atoms with Crippen LogP contribution in [0.2, 0.25) is 0 Å². The molecule has 0 aromatic rings. The summed E-state index contributed by atoms with van der Waals surface area (Å²) in [7, 11) is 0. The molecule has 1 saturated heterocycles. The predicted molar refractivity (Wildman–Crippen MR) is 71.9 cm³/mol. The molecule has 0 spiro atoms. The fourth-order valence-electron chi connectivity index (χ4n) is 3.14. The van der Waals surface area contributed by atoms with Crippen LogP contribution in [0.3, 0.4) is 0 Å². The number of urea groups is 1. The Kier molecular flexibility index (Phi) is 3.83. The summed E-state index contributed by atoms with van der Waals surface area (Å²) < 4.78 is 0. The molecule has 2 aliphatic rings. The monoisotopic (exact) mass is 266 g/mol. The maximum Gasteiger partial charge on any atom is 0.329 e. The number of amides is 2. The van der Waals surface area contributed by atoms with Crippen molar-refractivity contribution in [3.8, 4) is 0 Å². The Morgan fingerprint density at radius 2 is 2.16 bits per heavy atom. The number of carboxylic acids is 1. The lowest BCUT2D eigenvalue weighted by molar-refractivity contribution is -0.148. The molecule has 5 heteroatoms. The lowest BCUT2D eigenvalue weighted by Crippen LogP contribution is -2.57. The van der Waals surface area contributed by atoms with Gasteiger partial charge in [-0.05, 0) is 32.6 Å². The molecule has 1 unspecified atom stereocenters. The number of hydrogen-bond acceptors (Lipinski definition) is 2. The van der Waals surface area contributed by atoms with E-state index < -0.39 is 11.5 Å². The molecule has 0 aromatic heterocycles. The van der Waals surface area contributed by atoms with Crippen LogP contribution in [0.25, 0.3) is 0 Å². The summed E-state index contributed by atoms with van der Waals surface area (Å²) >= 11 is 0. The summed E-state index contributed by atoms with van der Waals surface area (Å²) in [6, 6.07) is -0.116. The molecule has 2 rings (SSSR count). The second-order valence-electron chi connectivity index (χ2n) is 5.49. The van der Waals surface area contributed by atoms with E-state index in [2.05, 4.69) is 6.08 Å². The van der Waals surface area contributed by atoms with Gasteiger partial charge >= 0.3 is 12.0 Å². The zero-order chi connectivity index (χ0) is 14.0. The van der Waals surface area contributed by atoms with Gasteiger partial charge in [0.1, 0.15) is 5.54 Å². The Balaban J connectivity index is 2.18. The number of carbonyl (C=O) groups is 2. The van der Waals surface area contributed by atoms with Gasteiger partial charge in [0.25, 0.3) is 0 Å². The molecule has 2 aliphatic heterocycles. The summed E-state index contributed by atoms with van der Waals surface area (Å²) in [5.41, 5.74) is 0.183. The Bertz CT molecular complexity index is 419. The largest absolute Gasteiger partial charge is 0.479 e. The Labute approximate surface area is 113 Å². The van der Waals surface area contributed by atoms with E-state index in [9.17, 15) is 14.7 Å². The lowest BCUT2D eigenvalue weighted by atomic mass is 9.93. The Morgan fingerprint density at radius 1 is 1.42 bits per heavy atom. The molecule has 1 N–H and O–H groups in total. The van der Waals surface area contributed by atoms with Crippen molar-refractivity contribution in [2.45, 2.75) is 45.1 Å². The van der Waals surface area contributed by atoms with Crippen molar-refractivity contribution in [1.82, 2.24) is 9.80 Å². The third-order valence-electron chi connectivity index (χ3n) is 4.31. The third-order valence-corrected chi connectivity index (χ3v) is 4.31. The second kappa shape index (κ2) is 5.23. The predicted octanol–water partition coefficient (Wildman–Crippen LogP) is 2.09. The first-order chi connectivity index (χ1) is 9.01. The number of aliphatic carboxylic acids is 1. The molecule has 0 radical (unpaired) electrons. The standard InChI is InChI=1S/C14H22N2O3/c1-3-14(12(17)18)7-5-9-16(14)13(19)15-8-4-6-11(2)10-15/h6H,3-5,7-10H2,1-2H3,(H,17,18). The quantitative estimate of drug-likeness (QED) is 0.778. The summed E-state index contributed by atoms with van der Waals surface area (Å²) in [5, 5.41) is 9.51. The normalized spacial score (nSPS) is 27.4. The average Bonchev–Trinajstić information content (AvgIpc) is 2.82. The van der Waals surface area contributed by atoms with Crippen LogP contribution in [-0.2, 0) is 4.79 Å². The van der Waals surface area contributed by atoms with Gasteiger partial charge in [0.15, 0.2) is 0 Å². The smallest absolute Gasteiger partial charge is 0.329 e. The number of rotatable bonds is 2. The van der Waals surface area contributed by atoms with Gasteiger partial charge in [0.05, 0.1) is 0 Å². The van der Waals surface area contributed by atoms with Gasteiger partial charge in [-0.2, -0.15) is 0 Å². The molecular weight excluding hydrogens is 244 g/mol. The van der Waals surface area contributed by atoms with Crippen molar-refractivity contribution in [3.05, 3.63) is 11.6 Å². The maximum absolute atomic E-state index is 12.6. The third kappa shape index (κ3) is 2.33. The zero-order valence-electron chi connectivity index (χ0n) is 11.7. The highest BCUT2D eigenvalue weighted by molar-refractivity contribution is 5.87. The van der Waals surface area contributed by atoms with Gasteiger partial charge in [0.2, 0.25) is 0 Å². The van der Waals surface area contributed by atoms with E-state index in [-0.39, 0.29) is 6.03 Å². The van der Waals surface area contributed by atoms with Gasteiger partial charge < -0.3 is 14.9 Å². The average molecular weight is 266 g/mol. The van der Waals surface area contributed by atoms with Crippen molar-refractivity contribution in [2.24, 2.45) is 0 Å². The van der Waals surface area contributed by atoms with E-state index in [1.54, 1.807) is 9.80 Å². The minimum Gasteiger partial charge on any atom is -0.479 e. The Morgan fingerprint density at radius 3 is 2.74 bits per heavy atom. The minimum absolute atomic E-state index is 0.116. The van der Waals surface area contributed by atoms with Crippen molar-refractivity contribution in [2.75, 3.05) is 19.6 Å². The highest BCUT2D eigenvalue weighted by atomic mass is 16.4. The summed E-state index contributed by atoms with van der Waals surface area (Å²) in [6.07, 6.45) is 4.80. The molecule has 0 bridgehead atoms. The number of hydrogen-bond donors (Lipinski definition) is 1. The maximum atomic E-state index is 12.6. The van der Waals surface area contributed by atoms with Crippen LogP contribution >= 0.6 is 0 Å². The second-order valence-corrected chi connectivity index (χ2v) is 5.49. The molecule has 1 fully saturated rings. The lowest BCUT2D eigenvalue weighted by Gasteiger charge is -2.38. The fraction of sp³-hybridized carbons (Fsp3) is 0.714. The number of nitrogens with zero attached hydrogens (tertiary/aromatic N) is 2. The van der Waals surface area contributed by atoms with E-state index in [0.29, 0.717) is 32.5 Å². The van der Waals surface area contributed by atoms with Crippen LogP contribution in [-0.4, -0.2) is 52.1 Å². The van der Waals surface area contributed by atoms with Crippen molar-refractivity contribution >= 4 is 12.0 Å².